The summed E-state index contributed by atoms with van der Waals surface area (Å²) in [5, 5.41) is 2.67. The van der Waals surface area contributed by atoms with Crippen molar-refractivity contribution in [3.05, 3.63) is 18.3 Å². The van der Waals surface area contributed by atoms with Crippen LogP contribution in [0.3, 0.4) is 0 Å². The summed E-state index contributed by atoms with van der Waals surface area (Å²) in [6.45, 7) is 3.80. The van der Waals surface area contributed by atoms with Crippen molar-refractivity contribution in [1.82, 2.24) is 4.98 Å². The van der Waals surface area contributed by atoms with Crippen LogP contribution in [0.15, 0.2) is 18.3 Å². The topological polar surface area (TPSA) is 60.5 Å². The van der Waals surface area contributed by atoms with E-state index in [2.05, 4.69) is 10.3 Å². The van der Waals surface area contributed by atoms with Crippen LogP contribution in [0, 0.1) is 0 Å². The van der Waals surface area contributed by atoms with Crippen LogP contribution in [-0.2, 0) is 9.53 Å². The van der Waals surface area contributed by atoms with Crippen molar-refractivity contribution >= 4 is 11.6 Å². The van der Waals surface area contributed by atoms with Gasteiger partial charge in [0.05, 0.1) is 25.1 Å². The third-order valence-electron chi connectivity index (χ3n) is 1.78. The zero-order chi connectivity index (χ0) is 12.0. The fourth-order valence-electron chi connectivity index (χ4n) is 1.01. The number of hydrogen-bond acceptors (Lipinski definition) is 4. The molecule has 1 heterocycles. The molecule has 0 aromatic carbocycles. The standard InChI is InChI=1S/C11H16N2O3/c1-8(2)16-7-10(14)13-9-4-5-11(15-3)12-6-9/h4-6,8H,7H2,1-3H3,(H,13,14). The third kappa shape index (κ3) is 4.27. The quantitative estimate of drug-likeness (QED) is 0.822. The van der Waals surface area contributed by atoms with Crippen LogP contribution < -0.4 is 10.1 Å². The van der Waals surface area contributed by atoms with Gasteiger partial charge in [-0.3, -0.25) is 4.79 Å². The fourth-order valence-corrected chi connectivity index (χ4v) is 1.01. The largest absolute Gasteiger partial charge is 0.481 e. The predicted octanol–water partition coefficient (Wildman–Crippen LogP) is 1.45. The summed E-state index contributed by atoms with van der Waals surface area (Å²) in [5.74, 6) is 0.317. The number of carbonyl (C=O) groups excluding carboxylic acids is 1. The van der Waals surface area contributed by atoms with Gasteiger partial charge in [-0.15, -0.1) is 0 Å². The van der Waals surface area contributed by atoms with Crippen LogP contribution >= 0.6 is 0 Å². The molecule has 1 aromatic rings. The molecular weight excluding hydrogens is 208 g/mol. The van der Waals surface area contributed by atoms with Gasteiger partial charge in [-0.05, 0) is 19.9 Å². The number of pyridine rings is 1. The lowest BCUT2D eigenvalue weighted by molar-refractivity contribution is -0.121. The van der Waals surface area contributed by atoms with Crippen molar-refractivity contribution in [2.75, 3.05) is 19.0 Å². The molecule has 16 heavy (non-hydrogen) atoms. The van der Waals surface area contributed by atoms with Gasteiger partial charge >= 0.3 is 0 Å². The molecule has 0 radical (unpaired) electrons. The molecule has 0 saturated carbocycles. The molecule has 0 fully saturated rings. The number of amides is 1. The second-order valence-corrected chi connectivity index (χ2v) is 3.50. The Morgan fingerprint density at radius 2 is 2.25 bits per heavy atom. The third-order valence-corrected chi connectivity index (χ3v) is 1.78. The lowest BCUT2D eigenvalue weighted by atomic mass is 10.4. The van der Waals surface area contributed by atoms with E-state index in [1.54, 1.807) is 12.1 Å². The molecule has 0 atom stereocenters. The first-order valence-electron chi connectivity index (χ1n) is 5.03. The first kappa shape index (κ1) is 12.4. The maximum atomic E-state index is 11.4. The number of carbonyl (C=O) groups is 1. The number of methoxy groups -OCH3 is 1. The van der Waals surface area contributed by atoms with Crippen molar-refractivity contribution in [3.63, 3.8) is 0 Å². The number of ether oxygens (including phenoxy) is 2. The highest BCUT2D eigenvalue weighted by Gasteiger charge is 2.04. The molecule has 1 N–H and O–H groups in total. The van der Waals surface area contributed by atoms with E-state index >= 15 is 0 Å². The van der Waals surface area contributed by atoms with E-state index in [0.29, 0.717) is 11.6 Å². The van der Waals surface area contributed by atoms with Gasteiger partial charge in [0, 0.05) is 6.07 Å². The zero-order valence-corrected chi connectivity index (χ0v) is 9.69. The van der Waals surface area contributed by atoms with E-state index in [-0.39, 0.29) is 18.6 Å². The van der Waals surface area contributed by atoms with Gasteiger partial charge in [0.25, 0.3) is 0 Å². The van der Waals surface area contributed by atoms with E-state index in [1.165, 1.54) is 13.3 Å². The number of nitrogens with zero attached hydrogens (tertiary/aromatic N) is 1. The SMILES string of the molecule is COc1ccc(NC(=O)COC(C)C)cn1. The lowest BCUT2D eigenvalue weighted by Gasteiger charge is -2.08. The van der Waals surface area contributed by atoms with Crippen molar-refractivity contribution in [2.45, 2.75) is 20.0 Å². The normalized spacial score (nSPS) is 10.2. The smallest absolute Gasteiger partial charge is 0.250 e. The van der Waals surface area contributed by atoms with Gasteiger partial charge in [0.1, 0.15) is 6.61 Å². The minimum absolute atomic E-state index is 0.0414. The molecule has 5 heteroatoms. The first-order chi connectivity index (χ1) is 7.61. The predicted molar refractivity (Wildman–Crippen MR) is 60.5 cm³/mol. The van der Waals surface area contributed by atoms with Gasteiger partial charge in [0.15, 0.2) is 0 Å². The number of nitrogens with one attached hydrogen (secondary N) is 1. The molecule has 0 aliphatic heterocycles. The summed E-state index contributed by atoms with van der Waals surface area (Å²) < 4.78 is 10.1. The molecular formula is C11H16N2O3. The molecule has 1 aromatic heterocycles. The Morgan fingerprint density at radius 1 is 1.50 bits per heavy atom. The van der Waals surface area contributed by atoms with Crippen molar-refractivity contribution in [3.8, 4) is 5.88 Å². The molecule has 88 valence electrons. The van der Waals surface area contributed by atoms with Crippen LogP contribution in [-0.4, -0.2) is 30.7 Å². The minimum Gasteiger partial charge on any atom is -0.481 e. The van der Waals surface area contributed by atoms with Crippen LogP contribution in [0.1, 0.15) is 13.8 Å². The van der Waals surface area contributed by atoms with Gasteiger partial charge in [-0.25, -0.2) is 4.98 Å². The summed E-state index contributed by atoms with van der Waals surface area (Å²) in [7, 11) is 1.54. The highest BCUT2D eigenvalue weighted by molar-refractivity contribution is 5.91. The second-order valence-electron chi connectivity index (χ2n) is 3.50. The number of hydrogen-bond donors (Lipinski definition) is 1. The van der Waals surface area contributed by atoms with Gasteiger partial charge < -0.3 is 14.8 Å². The van der Waals surface area contributed by atoms with E-state index in [4.69, 9.17) is 9.47 Å². The van der Waals surface area contributed by atoms with Crippen LogP contribution in [0.5, 0.6) is 5.88 Å². The Bertz CT molecular complexity index is 336. The monoisotopic (exact) mass is 224 g/mol. The number of anilines is 1. The van der Waals surface area contributed by atoms with Gasteiger partial charge in [-0.2, -0.15) is 0 Å². The Morgan fingerprint density at radius 3 is 2.75 bits per heavy atom. The van der Waals surface area contributed by atoms with Crippen molar-refractivity contribution < 1.29 is 14.3 Å². The van der Waals surface area contributed by atoms with Gasteiger partial charge in [-0.1, -0.05) is 0 Å². The summed E-state index contributed by atoms with van der Waals surface area (Å²) in [5.41, 5.74) is 0.623. The number of rotatable bonds is 5. The Kier molecular flexibility index (Phi) is 4.72. The Balaban J connectivity index is 2.43. The molecule has 0 bridgehead atoms. The molecule has 5 nitrogen and oxygen atoms in total. The van der Waals surface area contributed by atoms with Gasteiger partial charge in [0.2, 0.25) is 11.8 Å². The summed E-state index contributed by atoms with van der Waals surface area (Å²) in [6, 6.07) is 3.40. The lowest BCUT2D eigenvalue weighted by Crippen LogP contribution is -2.20. The molecule has 0 spiro atoms. The van der Waals surface area contributed by atoms with E-state index in [1.807, 2.05) is 13.8 Å². The van der Waals surface area contributed by atoms with Crippen LogP contribution in [0.25, 0.3) is 0 Å². The molecule has 0 aliphatic carbocycles. The second kappa shape index (κ2) is 6.07. The molecule has 0 aliphatic rings. The zero-order valence-electron chi connectivity index (χ0n) is 9.69. The van der Waals surface area contributed by atoms with Crippen LogP contribution in [0.4, 0.5) is 5.69 Å². The van der Waals surface area contributed by atoms with Crippen molar-refractivity contribution in [1.29, 1.82) is 0 Å². The minimum atomic E-state index is -0.194. The summed E-state index contributed by atoms with van der Waals surface area (Å²) in [4.78, 5) is 15.3. The fraction of sp³-hybridized carbons (Fsp3) is 0.455. The van der Waals surface area contributed by atoms with E-state index < -0.39 is 0 Å². The molecule has 0 unspecified atom stereocenters. The average Bonchev–Trinajstić information content (AvgIpc) is 2.27. The first-order valence-corrected chi connectivity index (χ1v) is 5.03. The maximum Gasteiger partial charge on any atom is 0.250 e. The van der Waals surface area contributed by atoms with E-state index in [9.17, 15) is 4.79 Å². The Hall–Kier alpha value is -1.62. The Labute approximate surface area is 94.8 Å². The maximum absolute atomic E-state index is 11.4. The highest BCUT2D eigenvalue weighted by atomic mass is 16.5. The summed E-state index contributed by atoms with van der Waals surface area (Å²) >= 11 is 0. The molecule has 1 rings (SSSR count). The molecule has 0 saturated heterocycles. The molecule has 1 amide bonds. The van der Waals surface area contributed by atoms with Crippen LogP contribution in [0.2, 0.25) is 0 Å². The van der Waals surface area contributed by atoms with Crippen molar-refractivity contribution in [2.24, 2.45) is 0 Å². The summed E-state index contributed by atoms with van der Waals surface area (Å²) in [6.07, 6.45) is 1.58. The van der Waals surface area contributed by atoms with E-state index in [0.717, 1.165) is 0 Å². The highest BCUT2D eigenvalue weighted by Crippen LogP contribution is 2.10. The average molecular weight is 224 g/mol. The number of aromatic nitrogens is 1.